The van der Waals surface area contributed by atoms with Crippen molar-refractivity contribution < 1.29 is 24.0 Å². The lowest BCUT2D eigenvalue weighted by Crippen LogP contribution is -2.62. The molecule has 156 valence electrons. The number of urea groups is 1. The summed E-state index contributed by atoms with van der Waals surface area (Å²) in [6, 6.07) is -3.20. The quantitative estimate of drug-likeness (QED) is 0.546. The predicted molar refractivity (Wildman–Crippen MR) is 99.6 cm³/mol. The van der Waals surface area contributed by atoms with Gasteiger partial charge in [-0.15, -0.1) is 0 Å². The fraction of sp³-hybridized carbons (Fsp3) is 0.722. The third-order valence-electron chi connectivity index (χ3n) is 5.20. The molecule has 0 aromatic rings. The van der Waals surface area contributed by atoms with Crippen molar-refractivity contribution in [3.63, 3.8) is 0 Å². The number of nitrogens with one attached hydrogen (secondary N) is 2. The molecule has 4 N–H and O–H groups in total. The molecule has 4 atom stereocenters. The van der Waals surface area contributed by atoms with E-state index >= 15 is 0 Å². The minimum Gasteiger partial charge on any atom is -0.368 e. The van der Waals surface area contributed by atoms with Crippen LogP contribution in [-0.2, 0) is 19.2 Å². The number of nitrogens with zero attached hydrogens (tertiary/aromatic N) is 2. The van der Waals surface area contributed by atoms with Gasteiger partial charge in [0.2, 0.25) is 23.6 Å². The molecule has 10 nitrogen and oxygen atoms in total. The summed E-state index contributed by atoms with van der Waals surface area (Å²) in [4.78, 5) is 63.6. The average Bonchev–Trinajstić information content (AvgIpc) is 3.23. The molecule has 2 fully saturated rings. The molecule has 10 heteroatoms. The summed E-state index contributed by atoms with van der Waals surface area (Å²) in [5.74, 6) is -1.71. The summed E-state index contributed by atoms with van der Waals surface area (Å²) in [6.45, 7) is 5.57. The van der Waals surface area contributed by atoms with E-state index in [0.29, 0.717) is 25.8 Å². The van der Waals surface area contributed by atoms with Gasteiger partial charge in [-0.05, 0) is 25.2 Å². The molecule has 6 amide bonds. The highest BCUT2D eigenvalue weighted by molar-refractivity contribution is 5.99. The number of carbonyl (C=O) groups is 5. The second kappa shape index (κ2) is 9.03. The molecule has 0 radical (unpaired) electrons. The van der Waals surface area contributed by atoms with Crippen molar-refractivity contribution in [2.75, 3.05) is 13.1 Å². The number of rotatable bonds is 6. The summed E-state index contributed by atoms with van der Waals surface area (Å²) in [7, 11) is 0. The van der Waals surface area contributed by atoms with E-state index in [2.05, 4.69) is 10.6 Å². The van der Waals surface area contributed by atoms with E-state index in [1.807, 2.05) is 6.92 Å². The number of imide groups is 1. The minimum absolute atomic E-state index is 0.0440. The third-order valence-corrected chi connectivity index (χ3v) is 5.20. The molecule has 0 saturated carbocycles. The molecule has 2 aliphatic heterocycles. The number of amides is 6. The standard InChI is InChI=1S/C18H29N5O5/c1-4-12(20-11(3)24)15(17(27)22-7-5-6-13(22)16(19)26)21-18(28)23-9-10(2)8-14(23)25/h10,12-13,15H,4-9H2,1-3H3,(H2,19,26)(H,20,24)(H,21,28)/t10?,12?,13-,15?/m0/s1. The Morgan fingerprint density at radius 2 is 1.93 bits per heavy atom. The van der Waals surface area contributed by atoms with Crippen molar-refractivity contribution in [1.29, 1.82) is 0 Å². The third kappa shape index (κ3) is 4.79. The number of nitrogens with two attached hydrogens (primary N) is 1. The number of hydrogen-bond donors (Lipinski definition) is 3. The van der Waals surface area contributed by atoms with Gasteiger partial charge in [-0.1, -0.05) is 13.8 Å². The van der Waals surface area contributed by atoms with Crippen molar-refractivity contribution in [3.8, 4) is 0 Å². The van der Waals surface area contributed by atoms with Crippen molar-refractivity contribution in [2.45, 2.75) is 64.6 Å². The first-order valence-electron chi connectivity index (χ1n) is 9.63. The van der Waals surface area contributed by atoms with Crippen LogP contribution in [-0.4, -0.2) is 70.7 Å². The van der Waals surface area contributed by atoms with Crippen LogP contribution in [0.2, 0.25) is 0 Å². The molecule has 3 unspecified atom stereocenters. The first-order chi connectivity index (χ1) is 13.1. The molecule has 2 aliphatic rings. The number of carbonyl (C=O) groups excluding carboxylic acids is 5. The maximum atomic E-state index is 13.2. The van der Waals surface area contributed by atoms with Crippen LogP contribution in [0.1, 0.15) is 46.5 Å². The Morgan fingerprint density at radius 1 is 1.25 bits per heavy atom. The van der Waals surface area contributed by atoms with Crippen molar-refractivity contribution >= 4 is 29.7 Å². The monoisotopic (exact) mass is 395 g/mol. The Hall–Kier alpha value is -2.65. The Bertz CT molecular complexity index is 667. The molecule has 2 rings (SSSR count). The fourth-order valence-corrected chi connectivity index (χ4v) is 3.82. The summed E-state index contributed by atoms with van der Waals surface area (Å²) < 4.78 is 0. The molecule has 28 heavy (non-hydrogen) atoms. The van der Waals surface area contributed by atoms with E-state index in [1.54, 1.807) is 6.92 Å². The van der Waals surface area contributed by atoms with Gasteiger partial charge in [-0.25, -0.2) is 4.79 Å². The van der Waals surface area contributed by atoms with Gasteiger partial charge in [0.15, 0.2) is 0 Å². The second-order valence-electron chi connectivity index (χ2n) is 7.55. The van der Waals surface area contributed by atoms with Crippen LogP contribution >= 0.6 is 0 Å². The van der Waals surface area contributed by atoms with Crippen LogP contribution < -0.4 is 16.4 Å². The smallest absolute Gasteiger partial charge is 0.324 e. The van der Waals surface area contributed by atoms with Gasteiger partial charge in [0.1, 0.15) is 12.1 Å². The molecule has 2 saturated heterocycles. The Labute approximate surface area is 164 Å². The number of likely N-dealkylation sites (tertiary alicyclic amines) is 2. The van der Waals surface area contributed by atoms with Crippen LogP contribution in [0.25, 0.3) is 0 Å². The van der Waals surface area contributed by atoms with E-state index in [9.17, 15) is 24.0 Å². The maximum absolute atomic E-state index is 13.2. The van der Waals surface area contributed by atoms with E-state index in [0.717, 1.165) is 4.90 Å². The van der Waals surface area contributed by atoms with Crippen LogP contribution in [0.4, 0.5) is 4.79 Å². The molecule has 0 spiro atoms. The second-order valence-corrected chi connectivity index (χ2v) is 7.55. The Kier molecular flexibility index (Phi) is 6.98. The zero-order valence-electron chi connectivity index (χ0n) is 16.6. The normalized spacial score (nSPS) is 24.0. The van der Waals surface area contributed by atoms with Crippen molar-refractivity contribution in [2.24, 2.45) is 11.7 Å². The van der Waals surface area contributed by atoms with Gasteiger partial charge in [-0.2, -0.15) is 0 Å². The molecular weight excluding hydrogens is 366 g/mol. The van der Waals surface area contributed by atoms with E-state index < -0.39 is 36.0 Å². The van der Waals surface area contributed by atoms with E-state index in [4.69, 9.17) is 5.73 Å². The predicted octanol–water partition coefficient (Wildman–Crippen LogP) is -0.676. The Balaban J connectivity index is 2.24. The SMILES string of the molecule is CCC(NC(C)=O)C(NC(=O)N1CC(C)CC1=O)C(=O)N1CCC[C@H]1C(N)=O. The molecular formula is C18H29N5O5. The fourth-order valence-electron chi connectivity index (χ4n) is 3.82. The summed E-state index contributed by atoms with van der Waals surface area (Å²) in [5, 5.41) is 5.28. The first kappa shape index (κ1) is 21.6. The first-order valence-corrected chi connectivity index (χ1v) is 9.63. The molecule has 0 bridgehead atoms. The maximum Gasteiger partial charge on any atom is 0.324 e. The summed E-state index contributed by atoms with van der Waals surface area (Å²) in [6.07, 6.45) is 1.72. The molecule has 0 aromatic carbocycles. The van der Waals surface area contributed by atoms with Gasteiger partial charge in [0, 0.05) is 26.4 Å². The molecule has 0 aromatic heterocycles. The van der Waals surface area contributed by atoms with Crippen molar-refractivity contribution in [3.05, 3.63) is 0 Å². The van der Waals surface area contributed by atoms with Gasteiger partial charge < -0.3 is 21.3 Å². The van der Waals surface area contributed by atoms with E-state index in [-0.39, 0.29) is 30.7 Å². The summed E-state index contributed by atoms with van der Waals surface area (Å²) in [5.41, 5.74) is 5.41. The molecule has 2 heterocycles. The highest BCUT2D eigenvalue weighted by Crippen LogP contribution is 2.21. The van der Waals surface area contributed by atoms with Crippen LogP contribution in [0.3, 0.4) is 0 Å². The van der Waals surface area contributed by atoms with Crippen LogP contribution in [0.5, 0.6) is 0 Å². The van der Waals surface area contributed by atoms with Gasteiger partial charge >= 0.3 is 6.03 Å². The zero-order valence-corrected chi connectivity index (χ0v) is 16.6. The van der Waals surface area contributed by atoms with Gasteiger partial charge in [0.25, 0.3) is 0 Å². The largest absolute Gasteiger partial charge is 0.368 e. The molecule has 0 aliphatic carbocycles. The highest BCUT2D eigenvalue weighted by Gasteiger charge is 2.41. The lowest BCUT2D eigenvalue weighted by atomic mass is 10.0. The number of primary amides is 1. The van der Waals surface area contributed by atoms with Gasteiger partial charge in [0.05, 0.1) is 6.04 Å². The lowest BCUT2D eigenvalue weighted by Gasteiger charge is -2.33. The van der Waals surface area contributed by atoms with Crippen LogP contribution in [0, 0.1) is 5.92 Å². The summed E-state index contributed by atoms with van der Waals surface area (Å²) >= 11 is 0. The number of hydrogen-bond acceptors (Lipinski definition) is 5. The average molecular weight is 395 g/mol. The minimum atomic E-state index is -1.11. The highest BCUT2D eigenvalue weighted by atomic mass is 16.2. The van der Waals surface area contributed by atoms with E-state index in [1.165, 1.54) is 11.8 Å². The Morgan fingerprint density at radius 3 is 2.43 bits per heavy atom. The lowest BCUT2D eigenvalue weighted by molar-refractivity contribution is -0.139. The van der Waals surface area contributed by atoms with Gasteiger partial charge in [-0.3, -0.25) is 24.1 Å². The zero-order chi connectivity index (χ0) is 21.0. The van der Waals surface area contributed by atoms with Crippen LogP contribution in [0.15, 0.2) is 0 Å². The van der Waals surface area contributed by atoms with Crippen molar-refractivity contribution in [1.82, 2.24) is 20.4 Å². The topological polar surface area (TPSA) is 142 Å².